The number of nitrogens with zero attached hydrogens (tertiary/aromatic N) is 1. The van der Waals surface area contributed by atoms with Crippen LogP contribution in [0.1, 0.15) is 6.42 Å². The van der Waals surface area contributed by atoms with Crippen LogP contribution in [-0.2, 0) is 16.1 Å². The van der Waals surface area contributed by atoms with Gasteiger partial charge in [-0.15, -0.1) is 0 Å². The largest absolute Gasteiger partial charge is 0.398 e. The standard InChI is InChI=1S/C11H16N4O3/c1-13-9(16)4-5-14-10(17)7-15-6-8(12)2-3-11(15)18/h2-3,6H,4-5,7,12H2,1H3,(H,13,16)(H,14,17). The number of hydrogen-bond acceptors (Lipinski definition) is 4. The van der Waals surface area contributed by atoms with Crippen molar-refractivity contribution in [3.05, 3.63) is 28.7 Å². The minimum absolute atomic E-state index is 0.113. The molecule has 0 aliphatic rings. The van der Waals surface area contributed by atoms with E-state index in [1.807, 2.05) is 0 Å². The molecular weight excluding hydrogens is 236 g/mol. The number of amides is 2. The molecule has 0 radical (unpaired) electrons. The maximum absolute atomic E-state index is 11.5. The topological polar surface area (TPSA) is 106 Å². The van der Waals surface area contributed by atoms with Crippen molar-refractivity contribution in [2.75, 3.05) is 19.3 Å². The van der Waals surface area contributed by atoms with Crippen LogP contribution < -0.4 is 21.9 Å². The Labute approximate surface area is 104 Å². The summed E-state index contributed by atoms with van der Waals surface area (Å²) in [6, 6.07) is 2.77. The van der Waals surface area contributed by atoms with Crippen LogP contribution in [0.15, 0.2) is 23.1 Å². The number of pyridine rings is 1. The van der Waals surface area contributed by atoms with E-state index in [0.29, 0.717) is 5.69 Å². The average Bonchev–Trinajstić information content (AvgIpc) is 2.33. The molecule has 4 N–H and O–H groups in total. The van der Waals surface area contributed by atoms with Gasteiger partial charge in [-0.3, -0.25) is 14.4 Å². The van der Waals surface area contributed by atoms with E-state index >= 15 is 0 Å². The van der Waals surface area contributed by atoms with Gasteiger partial charge in [-0.2, -0.15) is 0 Å². The van der Waals surface area contributed by atoms with E-state index in [2.05, 4.69) is 10.6 Å². The lowest BCUT2D eigenvalue weighted by molar-refractivity contribution is -0.122. The van der Waals surface area contributed by atoms with Crippen LogP contribution in [0.3, 0.4) is 0 Å². The first-order valence-electron chi connectivity index (χ1n) is 5.46. The highest BCUT2D eigenvalue weighted by Gasteiger charge is 2.05. The molecule has 7 heteroatoms. The van der Waals surface area contributed by atoms with Gasteiger partial charge in [0.1, 0.15) is 6.54 Å². The molecule has 0 spiro atoms. The van der Waals surface area contributed by atoms with Crippen molar-refractivity contribution in [2.24, 2.45) is 0 Å². The van der Waals surface area contributed by atoms with Crippen LogP contribution in [0.2, 0.25) is 0 Å². The molecule has 1 heterocycles. The molecule has 0 fully saturated rings. The van der Waals surface area contributed by atoms with Gasteiger partial charge in [-0.1, -0.05) is 0 Å². The van der Waals surface area contributed by atoms with E-state index in [1.165, 1.54) is 29.9 Å². The number of nitrogens with one attached hydrogen (secondary N) is 2. The number of rotatable bonds is 5. The molecule has 18 heavy (non-hydrogen) atoms. The molecule has 0 unspecified atom stereocenters. The van der Waals surface area contributed by atoms with Crippen LogP contribution in [-0.4, -0.2) is 30.0 Å². The van der Waals surface area contributed by atoms with Gasteiger partial charge in [0, 0.05) is 38.0 Å². The van der Waals surface area contributed by atoms with Gasteiger partial charge in [0.15, 0.2) is 0 Å². The third-order valence-electron chi connectivity index (χ3n) is 2.27. The van der Waals surface area contributed by atoms with E-state index in [-0.39, 0.29) is 36.9 Å². The van der Waals surface area contributed by atoms with Crippen molar-refractivity contribution in [1.82, 2.24) is 15.2 Å². The summed E-state index contributed by atoms with van der Waals surface area (Å²) < 4.78 is 1.21. The summed E-state index contributed by atoms with van der Waals surface area (Å²) in [5.74, 6) is -0.497. The molecule has 7 nitrogen and oxygen atoms in total. The van der Waals surface area contributed by atoms with E-state index in [4.69, 9.17) is 5.73 Å². The molecule has 0 aliphatic carbocycles. The second kappa shape index (κ2) is 6.43. The minimum Gasteiger partial charge on any atom is -0.398 e. The van der Waals surface area contributed by atoms with Gasteiger partial charge in [0.2, 0.25) is 11.8 Å². The van der Waals surface area contributed by atoms with Crippen LogP contribution >= 0.6 is 0 Å². The Morgan fingerprint density at radius 3 is 2.72 bits per heavy atom. The Hall–Kier alpha value is -2.31. The van der Waals surface area contributed by atoms with E-state index in [9.17, 15) is 14.4 Å². The summed E-state index contributed by atoms with van der Waals surface area (Å²) >= 11 is 0. The summed E-state index contributed by atoms with van der Waals surface area (Å²) in [7, 11) is 1.52. The molecule has 1 rings (SSSR count). The molecule has 0 saturated heterocycles. The Balaban J connectivity index is 2.47. The highest BCUT2D eigenvalue weighted by Crippen LogP contribution is 1.95. The van der Waals surface area contributed by atoms with Crippen LogP contribution in [0.25, 0.3) is 0 Å². The molecule has 1 aromatic heterocycles. The number of nitrogen functional groups attached to an aromatic ring is 1. The lowest BCUT2D eigenvalue weighted by atomic mass is 10.4. The highest BCUT2D eigenvalue weighted by atomic mass is 16.2. The summed E-state index contributed by atoms with van der Waals surface area (Å²) in [5, 5.41) is 4.99. The Morgan fingerprint density at radius 2 is 2.06 bits per heavy atom. The van der Waals surface area contributed by atoms with Crippen molar-refractivity contribution in [2.45, 2.75) is 13.0 Å². The fourth-order valence-corrected chi connectivity index (χ4v) is 1.32. The summed E-state index contributed by atoms with van der Waals surface area (Å²) in [6.07, 6.45) is 1.61. The van der Waals surface area contributed by atoms with Gasteiger partial charge in [-0.05, 0) is 6.07 Å². The van der Waals surface area contributed by atoms with Crippen molar-refractivity contribution < 1.29 is 9.59 Å². The number of carbonyl (C=O) groups excluding carboxylic acids is 2. The van der Waals surface area contributed by atoms with Crippen LogP contribution in [0.5, 0.6) is 0 Å². The maximum atomic E-state index is 11.5. The number of hydrogen-bond donors (Lipinski definition) is 3. The first-order valence-corrected chi connectivity index (χ1v) is 5.46. The summed E-state index contributed by atoms with van der Waals surface area (Å²) in [5.41, 5.74) is 5.63. The van der Waals surface area contributed by atoms with E-state index in [0.717, 1.165) is 0 Å². The Bertz CT molecular complexity index is 495. The molecule has 0 saturated carbocycles. The predicted molar refractivity (Wildman–Crippen MR) is 66.8 cm³/mol. The SMILES string of the molecule is CNC(=O)CCNC(=O)Cn1cc(N)ccc1=O. The lowest BCUT2D eigenvalue weighted by Crippen LogP contribution is -2.34. The Morgan fingerprint density at radius 1 is 1.33 bits per heavy atom. The monoisotopic (exact) mass is 252 g/mol. The zero-order valence-corrected chi connectivity index (χ0v) is 10.1. The summed E-state index contributed by atoms with van der Waals surface area (Å²) in [6.45, 7) is 0.118. The van der Waals surface area contributed by atoms with Crippen molar-refractivity contribution in [3.63, 3.8) is 0 Å². The zero-order valence-electron chi connectivity index (χ0n) is 10.1. The molecule has 98 valence electrons. The highest BCUT2D eigenvalue weighted by molar-refractivity contribution is 5.78. The first kappa shape index (κ1) is 13.8. The molecule has 0 atom stereocenters. The van der Waals surface area contributed by atoms with Gasteiger partial charge in [0.25, 0.3) is 5.56 Å². The van der Waals surface area contributed by atoms with Crippen molar-refractivity contribution in [1.29, 1.82) is 0 Å². The lowest BCUT2D eigenvalue weighted by Gasteiger charge is -2.07. The summed E-state index contributed by atoms with van der Waals surface area (Å²) in [4.78, 5) is 33.8. The van der Waals surface area contributed by atoms with Gasteiger partial charge in [0.05, 0.1) is 0 Å². The molecular formula is C11H16N4O3. The maximum Gasteiger partial charge on any atom is 0.251 e. The fourth-order valence-electron chi connectivity index (χ4n) is 1.32. The first-order chi connectivity index (χ1) is 8.52. The number of aromatic nitrogens is 1. The van der Waals surface area contributed by atoms with E-state index in [1.54, 1.807) is 0 Å². The van der Waals surface area contributed by atoms with Crippen LogP contribution in [0, 0.1) is 0 Å². The smallest absolute Gasteiger partial charge is 0.251 e. The Kier molecular flexibility index (Phi) is 4.91. The molecule has 0 aliphatic heterocycles. The predicted octanol–water partition coefficient (Wildman–Crippen LogP) is -1.32. The van der Waals surface area contributed by atoms with E-state index < -0.39 is 0 Å². The molecule has 1 aromatic rings. The normalized spacial score (nSPS) is 9.83. The van der Waals surface area contributed by atoms with Gasteiger partial charge >= 0.3 is 0 Å². The number of anilines is 1. The van der Waals surface area contributed by atoms with Crippen LogP contribution in [0.4, 0.5) is 5.69 Å². The molecule has 0 aromatic carbocycles. The van der Waals surface area contributed by atoms with Gasteiger partial charge in [-0.25, -0.2) is 0 Å². The molecule has 0 bridgehead atoms. The average molecular weight is 252 g/mol. The number of carbonyl (C=O) groups is 2. The third kappa shape index (κ3) is 4.28. The quantitative estimate of drug-likeness (QED) is 0.604. The zero-order chi connectivity index (χ0) is 13.5. The fraction of sp³-hybridized carbons (Fsp3) is 0.364. The number of nitrogens with two attached hydrogens (primary N) is 1. The van der Waals surface area contributed by atoms with Crippen molar-refractivity contribution >= 4 is 17.5 Å². The minimum atomic E-state index is -0.341. The third-order valence-corrected chi connectivity index (χ3v) is 2.27. The molecule has 2 amide bonds. The second-order valence-corrected chi connectivity index (χ2v) is 3.70. The second-order valence-electron chi connectivity index (χ2n) is 3.70. The van der Waals surface area contributed by atoms with Crippen molar-refractivity contribution in [3.8, 4) is 0 Å². The van der Waals surface area contributed by atoms with Gasteiger partial charge < -0.3 is 20.9 Å².